The number of rotatable bonds is 1. The van der Waals surface area contributed by atoms with Gasteiger partial charge >= 0.3 is 0 Å². The third-order valence-corrected chi connectivity index (χ3v) is 2.59. The Bertz CT molecular complexity index is 101. The van der Waals surface area contributed by atoms with Crippen LogP contribution in [-0.4, -0.2) is 5.54 Å². The topological polar surface area (TPSA) is 26.0 Å². The zero-order valence-corrected chi connectivity index (χ0v) is 6.48. The lowest BCUT2D eigenvalue weighted by molar-refractivity contribution is 0.408. The van der Waals surface area contributed by atoms with Crippen LogP contribution >= 0.6 is 0 Å². The van der Waals surface area contributed by atoms with E-state index in [-0.39, 0.29) is 5.54 Å². The molecule has 0 aromatic carbocycles. The van der Waals surface area contributed by atoms with Crippen LogP contribution in [0.3, 0.4) is 0 Å². The summed E-state index contributed by atoms with van der Waals surface area (Å²) in [5.41, 5.74) is 6.26. The highest BCUT2D eigenvalue weighted by molar-refractivity contribution is 4.90. The normalized spacial score (nSPS) is 43.7. The number of hydrogen-bond donors (Lipinski definition) is 1. The van der Waals surface area contributed by atoms with E-state index in [1.165, 1.54) is 19.3 Å². The average Bonchev–Trinajstić information content (AvgIpc) is 2.13. The van der Waals surface area contributed by atoms with E-state index >= 15 is 0 Å². The Morgan fingerprint density at radius 2 is 2.33 bits per heavy atom. The minimum Gasteiger partial charge on any atom is -0.325 e. The molecule has 0 aromatic rings. The van der Waals surface area contributed by atoms with Crippen molar-refractivity contribution in [3.8, 4) is 0 Å². The summed E-state index contributed by atoms with van der Waals surface area (Å²) >= 11 is 0. The van der Waals surface area contributed by atoms with Crippen molar-refractivity contribution in [2.75, 3.05) is 0 Å². The Morgan fingerprint density at radius 1 is 1.67 bits per heavy atom. The van der Waals surface area contributed by atoms with E-state index in [9.17, 15) is 0 Å². The van der Waals surface area contributed by atoms with E-state index in [2.05, 4.69) is 13.8 Å². The third kappa shape index (κ3) is 1.45. The summed E-state index contributed by atoms with van der Waals surface area (Å²) in [5.74, 6) is 0.870. The van der Waals surface area contributed by atoms with Crippen LogP contribution in [0, 0.1) is 5.92 Å². The van der Waals surface area contributed by atoms with Crippen LogP contribution in [0.2, 0.25) is 0 Å². The quantitative estimate of drug-likeness (QED) is 0.572. The van der Waals surface area contributed by atoms with E-state index in [4.69, 9.17) is 5.73 Å². The molecule has 0 spiro atoms. The second-order valence-corrected chi connectivity index (χ2v) is 3.56. The molecule has 2 atom stereocenters. The third-order valence-electron chi connectivity index (χ3n) is 2.59. The highest BCUT2D eigenvalue weighted by Gasteiger charge is 2.31. The van der Waals surface area contributed by atoms with Crippen LogP contribution in [0.4, 0.5) is 0 Å². The first-order valence-corrected chi connectivity index (χ1v) is 3.95. The minimum absolute atomic E-state index is 0.208. The van der Waals surface area contributed by atoms with Crippen molar-refractivity contribution in [1.82, 2.24) is 0 Å². The van der Waals surface area contributed by atoms with Crippen molar-refractivity contribution in [2.24, 2.45) is 11.7 Å². The molecule has 2 unspecified atom stereocenters. The fraction of sp³-hybridized carbons (Fsp3) is 1.00. The SMILES string of the molecule is CCC1(N)CCC(C)C1. The lowest BCUT2D eigenvalue weighted by Gasteiger charge is -2.20. The second-order valence-electron chi connectivity index (χ2n) is 3.56. The van der Waals surface area contributed by atoms with Crippen LogP contribution in [-0.2, 0) is 0 Å². The standard InChI is InChI=1S/C8H17N/c1-3-8(9)5-4-7(2)6-8/h7H,3-6,9H2,1-2H3. The first-order valence-electron chi connectivity index (χ1n) is 3.95. The highest BCUT2D eigenvalue weighted by Crippen LogP contribution is 2.33. The molecule has 1 nitrogen and oxygen atoms in total. The van der Waals surface area contributed by atoms with E-state index in [1.807, 2.05) is 0 Å². The Labute approximate surface area is 57.6 Å². The Morgan fingerprint density at radius 3 is 2.56 bits per heavy atom. The predicted octanol–water partition coefficient (Wildman–Crippen LogP) is 1.91. The van der Waals surface area contributed by atoms with Gasteiger partial charge in [0, 0.05) is 5.54 Å². The molecular formula is C8H17N. The van der Waals surface area contributed by atoms with Gasteiger partial charge in [0.1, 0.15) is 0 Å². The van der Waals surface area contributed by atoms with Gasteiger partial charge in [-0.05, 0) is 31.6 Å². The van der Waals surface area contributed by atoms with Gasteiger partial charge in [0.2, 0.25) is 0 Å². The number of nitrogens with two attached hydrogens (primary N) is 1. The fourth-order valence-corrected chi connectivity index (χ4v) is 1.75. The summed E-state index contributed by atoms with van der Waals surface area (Å²) < 4.78 is 0. The molecule has 0 heterocycles. The molecule has 0 aromatic heterocycles. The first-order chi connectivity index (χ1) is 4.16. The van der Waals surface area contributed by atoms with Crippen LogP contribution in [0.5, 0.6) is 0 Å². The molecule has 1 aliphatic rings. The van der Waals surface area contributed by atoms with Gasteiger partial charge in [-0.2, -0.15) is 0 Å². The number of hydrogen-bond acceptors (Lipinski definition) is 1. The van der Waals surface area contributed by atoms with E-state index in [0.29, 0.717) is 0 Å². The molecule has 9 heavy (non-hydrogen) atoms. The van der Waals surface area contributed by atoms with Crippen molar-refractivity contribution in [1.29, 1.82) is 0 Å². The van der Waals surface area contributed by atoms with Crippen LogP contribution in [0.1, 0.15) is 39.5 Å². The molecule has 0 radical (unpaired) electrons. The summed E-state index contributed by atoms with van der Waals surface area (Å²) in [6, 6.07) is 0. The zero-order valence-electron chi connectivity index (χ0n) is 6.48. The summed E-state index contributed by atoms with van der Waals surface area (Å²) in [6.07, 6.45) is 4.97. The van der Waals surface area contributed by atoms with Gasteiger partial charge in [-0.3, -0.25) is 0 Å². The molecule has 1 rings (SSSR count). The Hall–Kier alpha value is -0.0400. The predicted molar refractivity (Wildman–Crippen MR) is 40.2 cm³/mol. The minimum atomic E-state index is 0.208. The van der Waals surface area contributed by atoms with E-state index in [0.717, 1.165) is 12.3 Å². The summed E-state index contributed by atoms with van der Waals surface area (Å²) in [4.78, 5) is 0. The van der Waals surface area contributed by atoms with Crippen LogP contribution in [0.25, 0.3) is 0 Å². The monoisotopic (exact) mass is 127 g/mol. The largest absolute Gasteiger partial charge is 0.325 e. The van der Waals surface area contributed by atoms with Crippen LogP contribution in [0.15, 0.2) is 0 Å². The zero-order chi connectivity index (χ0) is 6.91. The summed E-state index contributed by atoms with van der Waals surface area (Å²) in [5, 5.41) is 0. The maximum Gasteiger partial charge on any atom is 0.0154 e. The second kappa shape index (κ2) is 2.30. The molecule has 1 heteroatoms. The molecular weight excluding hydrogens is 110 g/mol. The van der Waals surface area contributed by atoms with Crippen molar-refractivity contribution in [3.05, 3.63) is 0 Å². The maximum absolute atomic E-state index is 6.05. The molecule has 1 saturated carbocycles. The smallest absolute Gasteiger partial charge is 0.0154 e. The highest BCUT2D eigenvalue weighted by atomic mass is 14.7. The summed E-state index contributed by atoms with van der Waals surface area (Å²) in [7, 11) is 0. The molecule has 0 amide bonds. The molecule has 0 saturated heterocycles. The molecule has 0 bridgehead atoms. The Balaban J connectivity index is 2.45. The van der Waals surface area contributed by atoms with Crippen molar-refractivity contribution in [3.63, 3.8) is 0 Å². The molecule has 0 aliphatic heterocycles. The van der Waals surface area contributed by atoms with Gasteiger partial charge in [0.15, 0.2) is 0 Å². The van der Waals surface area contributed by atoms with Crippen molar-refractivity contribution in [2.45, 2.75) is 45.1 Å². The van der Waals surface area contributed by atoms with Gasteiger partial charge < -0.3 is 5.73 Å². The summed E-state index contributed by atoms with van der Waals surface area (Å²) in [6.45, 7) is 4.49. The average molecular weight is 127 g/mol. The van der Waals surface area contributed by atoms with Gasteiger partial charge in [-0.15, -0.1) is 0 Å². The lowest BCUT2D eigenvalue weighted by Crippen LogP contribution is -2.35. The molecule has 1 aliphatic carbocycles. The van der Waals surface area contributed by atoms with Crippen molar-refractivity contribution < 1.29 is 0 Å². The first kappa shape index (κ1) is 7.07. The van der Waals surface area contributed by atoms with Crippen molar-refractivity contribution >= 4 is 0 Å². The van der Waals surface area contributed by atoms with Gasteiger partial charge in [0.25, 0.3) is 0 Å². The fourth-order valence-electron chi connectivity index (χ4n) is 1.75. The Kier molecular flexibility index (Phi) is 1.80. The molecule has 54 valence electrons. The van der Waals surface area contributed by atoms with Gasteiger partial charge in [-0.25, -0.2) is 0 Å². The van der Waals surface area contributed by atoms with Gasteiger partial charge in [0.05, 0.1) is 0 Å². The molecule has 2 N–H and O–H groups in total. The maximum atomic E-state index is 6.05. The molecule has 1 fully saturated rings. The van der Waals surface area contributed by atoms with Crippen LogP contribution < -0.4 is 5.73 Å². The lowest BCUT2D eigenvalue weighted by atomic mass is 9.95. The van der Waals surface area contributed by atoms with E-state index in [1.54, 1.807) is 0 Å². The van der Waals surface area contributed by atoms with Gasteiger partial charge in [-0.1, -0.05) is 13.8 Å². The van der Waals surface area contributed by atoms with E-state index < -0.39 is 0 Å².